The predicted octanol–water partition coefficient (Wildman–Crippen LogP) is 0.864. The summed E-state index contributed by atoms with van der Waals surface area (Å²) in [6, 6.07) is 0. The molecule has 0 N–H and O–H groups in total. The SMILES string of the molecule is CC(=O)/C=C(/C)[O-].CC(=O)/C=C(/C)[O-].CC(=O)/C=C(/C)[O-].CCN(CC)CC.[Fe+3]. The summed E-state index contributed by atoms with van der Waals surface area (Å²) in [6.07, 6.45) is 3.17. The van der Waals surface area contributed by atoms with E-state index in [4.69, 9.17) is 0 Å². The van der Waals surface area contributed by atoms with E-state index in [0.29, 0.717) is 0 Å². The van der Waals surface area contributed by atoms with Gasteiger partial charge in [-0.15, -0.1) is 17.3 Å². The van der Waals surface area contributed by atoms with E-state index < -0.39 is 0 Å². The van der Waals surface area contributed by atoms with E-state index in [1.165, 1.54) is 61.2 Å². The van der Waals surface area contributed by atoms with Gasteiger partial charge in [-0.05, 0) is 58.6 Å². The molecule has 0 aromatic carbocycles. The molecule has 1 radical (unpaired) electrons. The van der Waals surface area contributed by atoms with Crippen LogP contribution in [-0.2, 0) is 31.5 Å². The van der Waals surface area contributed by atoms with Crippen LogP contribution in [0.15, 0.2) is 35.5 Å². The van der Waals surface area contributed by atoms with Crippen LogP contribution >= 0.6 is 0 Å². The van der Waals surface area contributed by atoms with Crippen LogP contribution in [0.2, 0.25) is 0 Å². The zero-order valence-corrected chi connectivity index (χ0v) is 20.2. The summed E-state index contributed by atoms with van der Waals surface area (Å²) in [5, 5.41) is 29.9. The fraction of sp³-hybridized carbons (Fsp3) is 0.571. The molecule has 0 spiro atoms. The number of allylic oxidation sites excluding steroid dienone is 6. The van der Waals surface area contributed by atoms with E-state index in [0.717, 1.165) is 18.2 Å². The molecule has 0 amide bonds. The van der Waals surface area contributed by atoms with Gasteiger partial charge in [-0.25, -0.2) is 0 Å². The van der Waals surface area contributed by atoms with Gasteiger partial charge in [0.25, 0.3) is 0 Å². The van der Waals surface area contributed by atoms with Gasteiger partial charge in [-0.3, -0.25) is 14.4 Å². The summed E-state index contributed by atoms with van der Waals surface area (Å²) >= 11 is 0. The molecular weight excluding hydrogens is 418 g/mol. The monoisotopic (exact) mass is 454 g/mol. The average molecular weight is 454 g/mol. The number of hydrogen-bond acceptors (Lipinski definition) is 7. The second-order valence-corrected chi connectivity index (χ2v) is 5.72. The molecule has 0 aromatic rings. The van der Waals surface area contributed by atoms with Crippen LogP contribution in [0.25, 0.3) is 0 Å². The molecular formula is C21H36FeNO6. The number of carbonyl (C=O) groups excluding carboxylic acids is 3. The molecule has 169 valence electrons. The van der Waals surface area contributed by atoms with Crippen molar-refractivity contribution in [2.75, 3.05) is 19.6 Å². The van der Waals surface area contributed by atoms with E-state index in [2.05, 4.69) is 25.7 Å². The summed E-state index contributed by atoms with van der Waals surface area (Å²) in [4.78, 5) is 32.3. The molecule has 0 aliphatic rings. The van der Waals surface area contributed by atoms with Crippen molar-refractivity contribution in [3.63, 3.8) is 0 Å². The Hall–Kier alpha value is -1.89. The van der Waals surface area contributed by atoms with Crippen LogP contribution in [0.3, 0.4) is 0 Å². The number of hydrogen-bond donors (Lipinski definition) is 0. The topological polar surface area (TPSA) is 124 Å². The molecule has 0 aliphatic heterocycles. The molecule has 0 unspecified atom stereocenters. The molecule has 0 rings (SSSR count). The van der Waals surface area contributed by atoms with Crippen molar-refractivity contribution in [2.24, 2.45) is 0 Å². The summed E-state index contributed by atoms with van der Waals surface area (Å²) < 4.78 is 0. The van der Waals surface area contributed by atoms with Crippen LogP contribution in [0.4, 0.5) is 0 Å². The Labute approximate surface area is 186 Å². The Kier molecular flexibility index (Phi) is 34.0. The molecule has 0 fully saturated rings. The fourth-order valence-corrected chi connectivity index (χ4v) is 1.53. The van der Waals surface area contributed by atoms with Gasteiger partial charge in [0, 0.05) is 0 Å². The molecule has 0 atom stereocenters. The molecule has 8 heteroatoms. The number of carbonyl (C=O) groups is 3. The number of rotatable bonds is 6. The largest absolute Gasteiger partial charge is 3.00 e. The van der Waals surface area contributed by atoms with Gasteiger partial charge in [0.1, 0.15) is 0 Å². The second kappa shape index (κ2) is 26.1. The third-order valence-electron chi connectivity index (χ3n) is 2.56. The van der Waals surface area contributed by atoms with Gasteiger partial charge in [-0.2, -0.15) is 0 Å². The molecule has 29 heavy (non-hydrogen) atoms. The van der Waals surface area contributed by atoms with Gasteiger partial charge >= 0.3 is 17.1 Å². The first kappa shape index (κ1) is 37.8. The van der Waals surface area contributed by atoms with Crippen molar-refractivity contribution in [3.8, 4) is 0 Å². The van der Waals surface area contributed by atoms with Gasteiger partial charge in [-0.1, -0.05) is 41.5 Å². The first-order chi connectivity index (χ1) is 12.7. The van der Waals surface area contributed by atoms with E-state index in [-0.39, 0.29) is 51.7 Å². The maximum Gasteiger partial charge on any atom is 3.00 e. The quantitative estimate of drug-likeness (QED) is 0.331. The Morgan fingerprint density at radius 2 is 0.759 bits per heavy atom. The van der Waals surface area contributed by atoms with Crippen LogP contribution < -0.4 is 15.3 Å². The zero-order chi connectivity index (χ0) is 23.3. The summed E-state index contributed by atoms with van der Waals surface area (Å²) in [6.45, 7) is 18.2. The standard InChI is InChI=1S/C6H15N.3C5H8O2.Fe/c1-4-7(5-2)6-3;3*1-4(6)3-5(2)7;/h4-6H2,1-3H3;3*3,6H,1-2H3;/q;;;;+3/p-3/b;3*4-3-;. The maximum atomic E-state index is 9.98. The molecule has 0 aromatic heterocycles. The van der Waals surface area contributed by atoms with Gasteiger partial charge < -0.3 is 20.2 Å². The van der Waals surface area contributed by atoms with Crippen LogP contribution in [0.5, 0.6) is 0 Å². The smallest absolute Gasteiger partial charge is 0.876 e. The first-order valence-electron chi connectivity index (χ1n) is 9.03. The van der Waals surface area contributed by atoms with Crippen LogP contribution in [0.1, 0.15) is 62.3 Å². The van der Waals surface area contributed by atoms with Gasteiger partial charge in [0.05, 0.1) is 0 Å². The van der Waals surface area contributed by atoms with E-state index in [9.17, 15) is 29.7 Å². The number of ketones is 3. The van der Waals surface area contributed by atoms with Crippen molar-refractivity contribution in [1.82, 2.24) is 4.90 Å². The Balaban J connectivity index is -0.0000000873. The number of nitrogens with zero attached hydrogens (tertiary/aromatic N) is 1. The maximum absolute atomic E-state index is 9.98. The van der Waals surface area contributed by atoms with Gasteiger partial charge in [0.15, 0.2) is 17.3 Å². The third-order valence-corrected chi connectivity index (χ3v) is 2.56. The van der Waals surface area contributed by atoms with E-state index >= 15 is 0 Å². The fourth-order valence-electron chi connectivity index (χ4n) is 1.53. The van der Waals surface area contributed by atoms with E-state index in [1.54, 1.807) is 0 Å². The van der Waals surface area contributed by atoms with Crippen molar-refractivity contribution in [3.05, 3.63) is 35.5 Å². The molecule has 0 saturated heterocycles. The minimum absolute atomic E-state index is 0. The Bertz CT molecular complexity index is 451. The molecule has 0 aliphatic carbocycles. The average Bonchev–Trinajstić information content (AvgIpc) is 2.46. The normalized spacial score (nSPS) is 10.8. The van der Waals surface area contributed by atoms with Crippen molar-refractivity contribution in [1.29, 1.82) is 0 Å². The summed E-state index contributed by atoms with van der Waals surface area (Å²) in [5.41, 5.74) is 0. The van der Waals surface area contributed by atoms with Crippen LogP contribution in [0, 0.1) is 0 Å². The first-order valence-corrected chi connectivity index (χ1v) is 9.03. The third kappa shape index (κ3) is 58.5. The van der Waals surface area contributed by atoms with Crippen molar-refractivity contribution < 1.29 is 46.8 Å². The molecule has 0 saturated carbocycles. The Morgan fingerprint density at radius 1 is 0.586 bits per heavy atom. The molecule has 0 heterocycles. The predicted molar refractivity (Wildman–Crippen MR) is 107 cm³/mol. The summed E-state index contributed by atoms with van der Waals surface area (Å²) in [5.74, 6) is -1.12. The molecule has 0 bridgehead atoms. The van der Waals surface area contributed by atoms with Crippen molar-refractivity contribution >= 4 is 17.3 Å². The van der Waals surface area contributed by atoms with Crippen molar-refractivity contribution in [2.45, 2.75) is 62.3 Å². The Morgan fingerprint density at radius 3 is 0.759 bits per heavy atom. The van der Waals surface area contributed by atoms with Gasteiger partial charge in [0.2, 0.25) is 0 Å². The van der Waals surface area contributed by atoms with Crippen LogP contribution in [-0.4, -0.2) is 41.9 Å². The minimum atomic E-state index is -0.187. The minimum Gasteiger partial charge on any atom is -0.876 e. The second-order valence-electron chi connectivity index (χ2n) is 5.72. The van der Waals surface area contributed by atoms with E-state index in [1.807, 2.05) is 0 Å². The molecule has 7 nitrogen and oxygen atoms in total. The summed E-state index contributed by atoms with van der Waals surface area (Å²) in [7, 11) is 0. The zero-order valence-electron chi connectivity index (χ0n) is 19.1.